The lowest BCUT2D eigenvalue weighted by molar-refractivity contribution is 0.0982. The van der Waals surface area contributed by atoms with Gasteiger partial charge in [0.2, 0.25) is 0 Å². The van der Waals surface area contributed by atoms with Gasteiger partial charge in [-0.2, -0.15) is 0 Å². The topological polar surface area (TPSA) is 55.8 Å². The van der Waals surface area contributed by atoms with Crippen LogP contribution in [-0.2, 0) is 13.0 Å². The molecule has 2 aliphatic heterocycles. The van der Waals surface area contributed by atoms with Gasteiger partial charge in [0, 0.05) is 37.6 Å². The third-order valence-corrected chi connectivity index (χ3v) is 7.72. The van der Waals surface area contributed by atoms with Crippen LogP contribution in [-0.4, -0.2) is 72.6 Å². The first-order valence-electron chi connectivity index (χ1n) is 11.9. The second kappa shape index (κ2) is 13.3. The smallest absolute Gasteiger partial charge is 0.191 e. The summed E-state index contributed by atoms with van der Waals surface area (Å²) in [5, 5.41) is 10.6. The van der Waals surface area contributed by atoms with Gasteiger partial charge in [0.1, 0.15) is 0 Å². The van der Waals surface area contributed by atoms with Crippen LogP contribution in [0.4, 0.5) is 0 Å². The number of hydrogen-bond donors (Lipinski definition) is 2. The van der Waals surface area contributed by atoms with Crippen molar-refractivity contribution in [2.45, 2.75) is 71.4 Å². The molecule has 8 heteroatoms. The number of thiazole rings is 1. The molecule has 2 N–H and O–H groups in total. The highest BCUT2D eigenvalue weighted by Crippen LogP contribution is 2.21. The number of hydrogen-bond acceptors (Lipinski definition) is 5. The van der Waals surface area contributed by atoms with E-state index in [9.17, 15) is 0 Å². The maximum Gasteiger partial charge on any atom is 0.191 e. The first kappa shape index (κ1) is 26.8. The summed E-state index contributed by atoms with van der Waals surface area (Å²) in [5.74, 6) is 1.66. The Morgan fingerprint density at radius 1 is 1.16 bits per heavy atom. The largest absolute Gasteiger partial charge is 0.356 e. The molecule has 0 bridgehead atoms. The van der Waals surface area contributed by atoms with E-state index in [4.69, 9.17) is 4.98 Å². The average molecular weight is 563 g/mol. The van der Waals surface area contributed by atoms with Crippen LogP contribution in [0.2, 0.25) is 0 Å². The molecule has 0 saturated carbocycles. The number of rotatable bonds is 8. The molecule has 2 fully saturated rings. The fourth-order valence-electron chi connectivity index (χ4n) is 4.53. The lowest BCUT2D eigenvalue weighted by atomic mass is 9.96. The first-order valence-corrected chi connectivity index (χ1v) is 12.7. The number of guanidine groups is 1. The number of aliphatic imine (C=N–C) groups is 1. The van der Waals surface area contributed by atoms with E-state index < -0.39 is 0 Å². The van der Waals surface area contributed by atoms with Crippen LogP contribution in [0.15, 0.2) is 10.4 Å². The Balaban J connectivity index is 0.00000341. The van der Waals surface area contributed by atoms with Crippen molar-refractivity contribution in [1.82, 2.24) is 25.4 Å². The first-order chi connectivity index (χ1) is 14.5. The summed E-state index contributed by atoms with van der Waals surface area (Å²) < 4.78 is 0. The van der Waals surface area contributed by atoms with Gasteiger partial charge in [-0.25, -0.2) is 4.98 Å². The van der Waals surface area contributed by atoms with Gasteiger partial charge in [-0.1, -0.05) is 13.3 Å². The summed E-state index contributed by atoms with van der Waals surface area (Å²) in [4.78, 5) is 14.4. The summed E-state index contributed by atoms with van der Waals surface area (Å²) in [7, 11) is 1.88. The number of nitrogens with zero attached hydrogens (tertiary/aromatic N) is 4. The van der Waals surface area contributed by atoms with Crippen molar-refractivity contribution in [3.8, 4) is 0 Å². The second-order valence-corrected chi connectivity index (χ2v) is 10.4. The van der Waals surface area contributed by atoms with Crippen LogP contribution in [0.3, 0.4) is 0 Å². The van der Waals surface area contributed by atoms with E-state index in [1.807, 2.05) is 7.05 Å². The van der Waals surface area contributed by atoms with Crippen molar-refractivity contribution in [1.29, 1.82) is 0 Å². The molecule has 0 spiro atoms. The van der Waals surface area contributed by atoms with Crippen LogP contribution in [0.25, 0.3) is 0 Å². The quantitative estimate of drug-likeness (QED) is 0.286. The van der Waals surface area contributed by atoms with Crippen LogP contribution in [0, 0.1) is 5.92 Å². The van der Waals surface area contributed by atoms with Crippen molar-refractivity contribution in [2.24, 2.45) is 10.9 Å². The number of nitrogens with one attached hydrogen (secondary N) is 2. The van der Waals surface area contributed by atoms with Gasteiger partial charge >= 0.3 is 0 Å². The Bertz CT molecular complexity index is 663. The standard InChI is InChI=1S/C23H42N6S.HI/c1-5-21-27-20(17-30-21)16-28-13-9-19(10-14-28)15-25-22(24-4)26-18-23(2,3)29-11-7-6-8-12-29;/h17,19H,5-16,18H2,1-4H3,(H2,24,25,26);1H. The molecule has 2 aliphatic rings. The maximum absolute atomic E-state index is 4.72. The lowest BCUT2D eigenvalue weighted by Gasteiger charge is -2.41. The summed E-state index contributed by atoms with van der Waals surface area (Å²) in [6.45, 7) is 14.6. The monoisotopic (exact) mass is 562 g/mol. The minimum atomic E-state index is 0. The van der Waals surface area contributed by atoms with E-state index in [-0.39, 0.29) is 29.5 Å². The number of aromatic nitrogens is 1. The van der Waals surface area contributed by atoms with E-state index in [1.165, 1.54) is 69.0 Å². The molecule has 0 atom stereocenters. The fourth-order valence-corrected chi connectivity index (χ4v) is 5.27. The van der Waals surface area contributed by atoms with Crippen LogP contribution >= 0.6 is 35.3 Å². The zero-order valence-corrected chi connectivity index (χ0v) is 23.1. The Labute approximate surface area is 210 Å². The summed E-state index contributed by atoms with van der Waals surface area (Å²) in [6.07, 6.45) is 7.57. The zero-order valence-electron chi connectivity index (χ0n) is 20.0. The predicted octanol–water partition coefficient (Wildman–Crippen LogP) is 3.97. The number of piperidine rings is 2. The van der Waals surface area contributed by atoms with E-state index in [2.05, 4.69) is 51.6 Å². The second-order valence-electron chi connectivity index (χ2n) is 9.47. The van der Waals surface area contributed by atoms with Crippen molar-refractivity contribution in [3.63, 3.8) is 0 Å². The third kappa shape index (κ3) is 8.44. The average Bonchev–Trinajstić information content (AvgIpc) is 3.23. The Morgan fingerprint density at radius 2 is 1.87 bits per heavy atom. The lowest BCUT2D eigenvalue weighted by Crippen LogP contribution is -2.55. The predicted molar refractivity (Wildman–Crippen MR) is 144 cm³/mol. The number of likely N-dealkylation sites (tertiary alicyclic amines) is 2. The molecule has 0 aliphatic carbocycles. The molecule has 3 rings (SSSR count). The maximum atomic E-state index is 4.72. The van der Waals surface area contributed by atoms with Crippen molar-refractivity contribution >= 4 is 41.3 Å². The van der Waals surface area contributed by atoms with Gasteiger partial charge in [0.25, 0.3) is 0 Å². The van der Waals surface area contributed by atoms with Crippen molar-refractivity contribution in [2.75, 3.05) is 46.3 Å². The van der Waals surface area contributed by atoms with Gasteiger partial charge in [0.15, 0.2) is 5.96 Å². The van der Waals surface area contributed by atoms with Crippen molar-refractivity contribution < 1.29 is 0 Å². The molecule has 6 nitrogen and oxygen atoms in total. The van der Waals surface area contributed by atoms with Gasteiger partial charge in [-0.3, -0.25) is 14.8 Å². The fraction of sp³-hybridized carbons (Fsp3) is 0.826. The summed E-state index contributed by atoms with van der Waals surface area (Å²) >= 11 is 1.80. The van der Waals surface area contributed by atoms with E-state index >= 15 is 0 Å². The van der Waals surface area contributed by atoms with E-state index in [0.717, 1.165) is 37.9 Å². The molecule has 1 aromatic heterocycles. The molecule has 0 unspecified atom stereocenters. The Kier molecular flexibility index (Phi) is 11.5. The highest BCUT2D eigenvalue weighted by atomic mass is 127. The minimum Gasteiger partial charge on any atom is -0.356 e. The van der Waals surface area contributed by atoms with Crippen LogP contribution in [0.1, 0.15) is 63.6 Å². The molecular formula is C23H43IN6S. The molecule has 31 heavy (non-hydrogen) atoms. The highest BCUT2D eigenvalue weighted by molar-refractivity contribution is 14.0. The molecule has 0 radical (unpaired) electrons. The summed E-state index contributed by atoms with van der Waals surface area (Å²) in [6, 6.07) is 0. The molecule has 0 amide bonds. The molecular weight excluding hydrogens is 519 g/mol. The van der Waals surface area contributed by atoms with Crippen LogP contribution < -0.4 is 10.6 Å². The SMILES string of the molecule is CCc1nc(CN2CCC(CNC(=NC)NCC(C)(C)N3CCCCC3)CC2)cs1.I. The van der Waals surface area contributed by atoms with E-state index in [0.29, 0.717) is 0 Å². The molecule has 1 aromatic rings. The third-order valence-electron chi connectivity index (χ3n) is 6.68. The molecule has 2 saturated heterocycles. The number of aryl methyl sites for hydroxylation is 1. The van der Waals surface area contributed by atoms with Crippen molar-refractivity contribution in [3.05, 3.63) is 16.1 Å². The van der Waals surface area contributed by atoms with Gasteiger partial charge in [-0.05, 0) is 78.0 Å². The minimum absolute atomic E-state index is 0. The Hall–Kier alpha value is -0.450. The van der Waals surface area contributed by atoms with Crippen LogP contribution in [0.5, 0.6) is 0 Å². The summed E-state index contributed by atoms with van der Waals surface area (Å²) in [5.41, 5.74) is 1.41. The van der Waals surface area contributed by atoms with Gasteiger partial charge in [0.05, 0.1) is 10.7 Å². The van der Waals surface area contributed by atoms with Gasteiger partial charge in [-0.15, -0.1) is 35.3 Å². The Morgan fingerprint density at radius 3 is 2.48 bits per heavy atom. The van der Waals surface area contributed by atoms with Gasteiger partial charge < -0.3 is 10.6 Å². The zero-order chi connectivity index (χ0) is 21.4. The van der Waals surface area contributed by atoms with E-state index in [1.54, 1.807) is 11.3 Å². The molecule has 0 aromatic carbocycles. The molecule has 178 valence electrons. The number of halogens is 1. The normalized spacial score (nSPS) is 19.8. The molecule has 3 heterocycles. The highest BCUT2D eigenvalue weighted by Gasteiger charge is 2.28.